The number of ether oxygens (including phenoxy) is 1. The first kappa shape index (κ1) is 22.0. The zero-order valence-electron chi connectivity index (χ0n) is 17.8. The van der Waals surface area contributed by atoms with Gasteiger partial charge in [0.1, 0.15) is 0 Å². The molecule has 7 nitrogen and oxygen atoms in total. The molecule has 0 unspecified atom stereocenters. The number of anilines is 2. The van der Waals surface area contributed by atoms with Crippen LogP contribution in [0.15, 0.2) is 78.9 Å². The second-order valence-electron chi connectivity index (χ2n) is 7.56. The van der Waals surface area contributed by atoms with Crippen molar-refractivity contribution in [2.75, 3.05) is 23.4 Å². The highest BCUT2D eigenvalue weighted by atomic mass is 16.5. The summed E-state index contributed by atoms with van der Waals surface area (Å²) in [6.45, 7) is 0.0976. The van der Waals surface area contributed by atoms with E-state index in [1.54, 1.807) is 77.7 Å². The van der Waals surface area contributed by atoms with E-state index in [0.717, 1.165) is 6.42 Å². The molecule has 2 amide bonds. The summed E-state index contributed by atoms with van der Waals surface area (Å²) < 4.78 is 5.15. The van der Waals surface area contributed by atoms with Gasteiger partial charge in [0.15, 0.2) is 12.4 Å². The first-order valence-corrected chi connectivity index (χ1v) is 10.6. The van der Waals surface area contributed by atoms with Gasteiger partial charge in [-0.3, -0.25) is 14.4 Å². The van der Waals surface area contributed by atoms with E-state index >= 15 is 0 Å². The van der Waals surface area contributed by atoms with Crippen LogP contribution in [-0.4, -0.2) is 36.7 Å². The molecule has 0 aromatic heterocycles. The largest absolute Gasteiger partial charge is 0.452 e. The van der Waals surface area contributed by atoms with Crippen LogP contribution in [0.1, 0.15) is 39.1 Å². The fraction of sp³-hybridized carbons (Fsp3) is 0.154. The maximum atomic E-state index is 12.8. The zero-order chi connectivity index (χ0) is 23.2. The van der Waals surface area contributed by atoms with Crippen LogP contribution in [0.2, 0.25) is 0 Å². The van der Waals surface area contributed by atoms with Crippen LogP contribution in [0.4, 0.5) is 11.4 Å². The molecule has 33 heavy (non-hydrogen) atoms. The van der Waals surface area contributed by atoms with Crippen molar-refractivity contribution in [2.45, 2.75) is 12.8 Å². The highest BCUT2D eigenvalue weighted by molar-refractivity contribution is 6.14. The first-order valence-electron chi connectivity index (χ1n) is 10.6. The van der Waals surface area contributed by atoms with Gasteiger partial charge in [0.05, 0.1) is 11.3 Å². The number of esters is 1. The van der Waals surface area contributed by atoms with Crippen molar-refractivity contribution in [3.8, 4) is 0 Å². The van der Waals surface area contributed by atoms with Crippen LogP contribution in [0.5, 0.6) is 0 Å². The van der Waals surface area contributed by atoms with E-state index in [9.17, 15) is 19.2 Å². The summed E-state index contributed by atoms with van der Waals surface area (Å²) in [5.74, 6) is -1.45. The smallest absolute Gasteiger partial charge is 0.338 e. The normalized spacial score (nSPS) is 13.0. The Bertz CT molecular complexity index is 1210. The lowest BCUT2D eigenvalue weighted by molar-refractivity contribution is -0.119. The minimum atomic E-state index is -0.674. The maximum Gasteiger partial charge on any atom is 0.338 e. The van der Waals surface area contributed by atoms with Crippen molar-refractivity contribution in [1.82, 2.24) is 0 Å². The minimum Gasteiger partial charge on any atom is -0.452 e. The zero-order valence-corrected chi connectivity index (χ0v) is 17.8. The highest BCUT2D eigenvalue weighted by Crippen LogP contribution is 2.23. The van der Waals surface area contributed by atoms with Gasteiger partial charge >= 0.3 is 5.97 Å². The number of nitrogens with one attached hydrogen (secondary N) is 1. The molecule has 0 spiro atoms. The Kier molecular flexibility index (Phi) is 6.59. The predicted molar refractivity (Wildman–Crippen MR) is 123 cm³/mol. The van der Waals surface area contributed by atoms with E-state index in [0.29, 0.717) is 35.5 Å². The Morgan fingerprint density at radius 1 is 0.879 bits per heavy atom. The molecule has 1 aliphatic heterocycles. The van der Waals surface area contributed by atoms with Gasteiger partial charge in [-0.1, -0.05) is 48.5 Å². The summed E-state index contributed by atoms with van der Waals surface area (Å²) in [6.07, 6.45) is 1.27. The Labute approximate surface area is 191 Å². The Morgan fingerprint density at radius 2 is 1.61 bits per heavy atom. The predicted octanol–water partition coefficient (Wildman–Crippen LogP) is 3.84. The van der Waals surface area contributed by atoms with Crippen LogP contribution in [0, 0.1) is 0 Å². The van der Waals surface area contributed by atoms with E-state index in [2.05, 4.69) is 5.32 Å². The number of benzene rings is 3. The Balaban J connectivity index is 1.39. The van der Waals surface area contributed by atoms with Gasteiger partial charge in [0.25, 0.3) is 5.91 Å². The van der Waals surface area contributed by atoms with Crippen molar-refractivity contribution in [3.05, 3.63) is 95.6 Å². The van der Waals surface area contributed by atoms with E-state index in [1.165, 1.54) is 0 Å². The molecule has 0 radical (unpaired) electrons. The molecular formula is C26H22N2O5. The monoisotopic (exact) mass is 442 g/mol. The molecule has 0 aliphatic carbocycles. The summed E-state index contributed by atoms with van der Waals surface area (Å²) in [5, 5.41) is 2.64. The molecule has 3 aromatic rings. The van der Waals surface area contributed by atoms with Crippen LogP contribution in [0.25, 0.3) is 0 Å². The highest BCUT2D eigenvalue weighted by Gasteiger charge is 2.23. The van der Waals surface area contributed by atoms with E-state index in [4.69, 9.17) is 4.74 Å². The fourth-order valence-electron chi connectivity index (χ4n) is 3.66. The van der Waals surface area contributed by atoms with Crippen molar-refractivity contribution >= 4 is 34.9 Å². The second-order valence-corrected chi connectivity index (χ2v) is 7.56. The standard InChI is InChI=1S/C26H22N2O5/c29-23(27-22-13-5-4-12-21(22)25(31)18-8-2-1-3-9-18)17-33-26(32)19-10-6-11-20(16-19)28-15-7-14-24(28)30/h1-6,8-13,16H,7,14-15,17H2,(H,27,29). The number of nitrogens with zero attached hydrogens (tertiary/aromatic N) is 1. The topological polar surface area (TPSA) is 92.8 Å². The van der Waals surface area contributed by atoms with E-state index < -0.39 is 18.5 Å². The third-order valence-corrected chi connectivity index (χ3v) is 5.28. The van der Waals surface area contributed by atoms with Gasteiger partial charge in [0, 0.05) is 29.8 Å². The molecule has 0 atom stereocenters. The average molecular weight is 442 g/mol. The van der Waals surface area contributed by atoms with Crippen molar-refractivity contribution < 1.29 is 23.9 Å². The maximum absolute atomic E-state index is 12.8. The van der Waals surface area contributed by atoms with Gasteiger partial charge < -0.3 is 15.0 Å². The number of carbonyl (C=O) groups excluding carboxylic acids is 4. The lowest BCUT2D eigenvalue weighted by Crippen LogP contribution is -2.24. The Morgan fingerprint density at radius 3 is 2.36 bits per heavy atom. The van der Waals surface area contributed by atoms with Crippen molar-refractivity contribution in [3.63, 3.8) is 0 Å². The van der Waals surface area contributed by atoms with Crippen LogP contribution < -0.4 is 10.2 Å². The minimum absolute atomic E-state index is 0.0172. The average Bonchev–Trinajstić information content (AvgIpc) is 3.29. The Hall–Kier alpha value is -4.26. The van der Waals surface area contributed by atoms with Crippen LogP contribution in [-0.2, 0) is 14.3 Å². The lowest BCUT2D eigenvalue weighted by Gasteiger charge is -2.16. The summed E-state index contributed by atoms with van der Waals surface area (Å²) >= 11 is 0. The first-order chi connectivity index (χ1) is 16.0. The molecule has 0 saturated carbocycles. The number of carbonyl (C=O) groups is 4. The van der Waals surface area contributed by atoms with Gasteiger partial charge in [-0.2, -0.15) is 0 Å². The third kappa shape index (κ3) is 5.15. The molecule has 1 heterocycles. The number of para-hydroxylation sites is 1. The number of hydrogen-bond donors (Lipinski definition) is 1. The van der Waals surface area contributed by atoms with E-state index in [-0.39, 0.29) is 17.3 Å². The fourth-order valence-corrected chi connectivity index (χ4v) is 3.66. The van der Waals surface area contributed by atoms with E-state index in [1.807, 2.05) is 6.07 Å². The summed E-state index contributed by atoms with van der Waals surface area (Å²) in [5.41, 5.74) is 2.06. The number of rotatable bonds is 7. The molecule has 1 saturated heterocycles. The molecule has 1 fully saturated rings. The molecule has 0 bridgehead atoms. The molecule has 7 heteroatoms. The third-order valence-electron chi connectivity index (χ3n) is 5.28. The molecule has 1 aliphatic rings. The molecule has 4 rings (SSSR count). The molecule has 3 aromatic carbocycles. The number of amides is 2. The van der Waals surface area contributed by atoms with Crippen LogP contribution >= 0.6 is 0 Å². The lowest BCUT2D eigenvalue weighted by atomic mass is 10.0. The van der Waals surface area contributed by atoms with Gasteiger partial charge in [0.2, 0.25) is 5.91 Å². The molecule has 166 valence electrons. The molecule has 1 N–H and O–H groups in total. The summed E-state index contributed by atoms with van der Waals surface area (Å²) in [7, 11) is 0. The molecular weight excluding hydrogens is 420 g/mol. The van der Waals surface area contributed by atoms with Gasteiger partial charge in [-0.05, 0) is 36.8 Å². The van der Waals surface area contributed by atoms with Crippen LogP contribution in [0.3, 0.4) is 0 Å². The number of hydrogen-bond acceptors (Lipinski definition) is 5. The van der Waals surface area contributed by atoms with Crippen molar-refractivity contribution in [2.24, 2.45) is 0 Å². The summed E-state index contributed by atoms with van der Waals surface area (Å²) in [4.78, 5) is 51.2. The second kappa shape index (κ2) is 9.91. The van der Waals surface area contributed by atoms with Crippen molar-refractivity contribution in [1.29, 1.82) is 0 Å². The van der Waals surface area contributed by atoms with Gasteiger partial charge in [-0.15, -0.1) is 0 Å². The number of ketones is 1. The van der Waals surface area contributed by atoms with Gasteiger partial charge in [-0.25, -0.2) is 4.79 Å². The summed E-state index contributed by atoms with van der Waals surface area (Å²) in [6, 6.07) is 22.0. The quantitative estimate of drug-likeness (QED) is 0.443. The SMILES string of the molecule is O=C(COC(=O)c1cccc(N2CCCC2=O)c1)Nc1ccccc1C(=O)c1ccccc1.